The molecule has 7 nitrogen and oxygen atoms in total. The number of carbonyl (C=O) groups is 2. The summed E-state index contributed by atoms with van der Waals surface area (Å²) >= 11 is 0. The molecule has 2 aliphatic rings. The molecule has 0 saturated carbocycles. The van der Waals surface area contributed by atoms with Crippen LogP contribution in [0.1, 0.15) is 35.3 Å². The Bertz CT molecular complexity index is 906. The van der Waals surface area contributed by atoms with Crippen LogP contribution in [0.15, 0.2) is 37.1 Å². The first-order chi connectivity index (χ1) is 13.8. The van der Waals surface area contributed by atoms with E-state index in [-0.39, 0.29) is 30.7 Å². The zero-order valence-electron chi connectivity index (χ0n) is 15.4. The number of alkyl halides is 3. The molecule has 0 aromatic carbocycles. The fourth-order valence-electron chi connectivity index (χ4n) is 4.02. The number of carbonyl (C=O) groups excluding carboxylic acids is 2. The summed E-state index contributed by atoms with van der Waals surface area (Å²) in [6, 6.07) is 2.03. The molecule has 0 radical (unpaired) electrons. The van der Waals surface area contributed by atoms with Crippen LogP contribution in [0.2, 0.25) is 0 Å². The predicted octanol–water partition coefficient (Wildman–Crippen LogP) is 2.54. The maximum absolute atomic E-state index is 12.8. The van der Waals surface area contributed by atoms with Crippen LogP contribution in [-0.2, 0) is 22.3 Å². The normalized spacial score (nSPS) is 21.4. The minimum absolute atomic E-state index is 0.0599. The molecule has 2 fully saturated rings. The lowest BCUT2D eigenvalue weighted by atomic mass is 9.76. The van der Waals surface area contributed by atoms with Gasteiger partial charge in [-0.15, -0.1) is 0 Å². The Labute approximate surface area is 164 Å². The molecule has 4 heterocycles. The molecule has 2 aromatic heterocycles. The van der Waals surface area contributed by atoms with Crippen molar-refractivity contribution in [2.24, 2.45) is 5.41 Å². The number of pyridine rings is 1. The highest BCUT2D eigenvalue weighted by molar-refractivity contribution is 5.94. The SMILES string of the molecule is O=C(c1ccnc(C(F)(F)F)c1)N1CCC2(CC1)CC(Cn1ccnc1)OC2=O. The van der Waals surface area contributed by atoms with Crippen molar-refractivity contribution in [1.29, 1.82) is 0 Å². The summed E-state index contributed by atoms with van der Waals surface area (Å²) in [5, 5.41) is 0. The Hall–Kier alpha value is -2.91. The number of amides is 1. The second-order valence-electron chi connectivity index (χ2n) is 7.49. The van der Waals surface area contributed by atoms with Crippen LogP contribution < -0.4 is 0 Å². The third-order valence-electron chi connectivity index (χ3n) is 5.60. The van der Waals surface area contributed by atoms with E-state index >= 15 is 0 Å². The standard InChI is InChI=1S/C19H19F3N4O3/c20-19(21,22)15-9-13(1-4-24-15)16(27)26-6-2-18(3-7-26)10-14(29-17(18)28)11-25-8-5-23-12-25/h1,4-5,8-9,12,14H,2-3,6-7,10-11H2. The number of likely N-dealkylation sites (tertiary alicyclic amines) is 1. The minimum Gasteiger partial charge on any atom is -0.460 e. The third-order valence-corrected chi connectivity index (χ3v) is 5.60. The number of hydrogen-bond acceptors (Lipinski definition) is 5. The van der Waals surface area contributed by atoms with E-state index in [1.165, 1.54) is 11.0 Å². The Morgan fingerprint density at radius 1 is 1.28 bits per heavy atom. The molecule has 1 spiro atoms. The summed E-state index contributed by atoms with van der Waals surface area (Å²) < 4.78 is 45.9. The van der Waals surface area contributed by atoms with Crippen molar-refractivity contribution >= 4 is 11.9 Å². The number of imidazole rings is 1. The number of hydrogen-bond donors (Lipinski definition) is 0. The molecule has 1 unspecified atom stereocenters. The highest BCUT2D eigenvalue weighted by Gasteiger charge is 2.50. The van der Waals surface area contributed by atoms with E-state index in [4.69, 9.17) is 4.74 Å². The highest BCUT2D eigenvalue weighted by atomic mass is 19.4. The zero-order chi connectivity index (χ0) is 20.6. The van der Waals surface area contributed by atoms with Gasteiger partial charge >= 0.3 is 12.1 Å². The van der Waals surface area contributed by atoms with E-state index in [2.05, 4.69) is 9.97 Å². The first-order valence-corrected chi connectivity index (χ1v) is 9.26. The molecule has 1 amide bonds. The fraction of sp³-hybridized carbons (Fsp3) is 0.474. The van der Waals surface area contributed by atoms with E-state index in [0.717, 1.165) is 12.3 Å². The fourth-order valence-corrected chi connectivity index (χ4v) is 4.02. The average Bonchev–Trinajstić information content (AvgIpc) is 3.30. The second kappa shape index (κ2) is 7.16. The monoisotopic (exact) mass is 408 g/mol. The molecule has 2 aromatic rings. The van der Waals surface area contributed by atoms with E-state index in [9.17, 15) is 22.8 Å². The number of aromatic nitrogens is 3. The van der Waals surface area contributed by atoms with Gasteiger partial charge in [-0.25, -0.2) is 4.98 Å². The summed E-state index contributed by atoms with van der Waals surface area (Å²) in [4.78, 5) is 33.9. The molecule has 154 valence electrons. The van der Waals surface area contributed by atoms with Crippen LogP contribution in [0.5, 0.6) is 0 Å². The molecule has 29 heavy (non-hydrogen) atoms. The van der Waals surface area contributed by atoms with Crippen LogP contribution in [0.25, 0.3) is 0 Å². The first-order valence-electron chi connectivity index (χ1n) is 9.26. The zero-order valence-corrected chi connectivity index (χ0v) is 15.4. The molecule has 0 aliphatic carbocycles. The van der Waals surface area contributed by atoms with Crippen molar-refractivity contribution in [2.45, 2.75) is 38.1 Å². The molecular formula is C19H19F3N4O3. The molecule has 0 bridgehead atoms. The van der Waals surface area contributed by atoms with Crippen LogP contribution >= 0.6 is 0 Å². The van der Waals surface area contributed by atoms with Gasteiger partial charge in [0.15, 0.2) is 0 Å². The van der Waals surface area contributed by atoms with Crippen LogP contribution in [0.4, 0.5) is 13.2 Å². The molecule has 0 N–H and O–H groups in total. The van der Waals surface area contributed by atoms with Crippen LogP contribution in [0, 0.1) is 5.41 Å². The van der Waals surface area contributed by atoms with Gasteiger partial charge in [0, 0.05) is 43.7 Å². The molecule has 1 atom stereocenters. The Balaban J connectivity index is 1.40. The highest BCUT2D eigenvalue weighted by Crippen LogP contribution is 2.43. The van der Waals surface area contributed by atoms with Gasteiger partial charge in [0.05, 0.1) is 18.3 Å². The van der Waals surface area contributed by atoms with Gasteiger partial charge in [-0.2, -0.15) is 13.2 Å². The Kier molecular flexibility index (Phi) is 4.79. The maximum Gasteiger partial charge on any atom is 0.433 e. The van der Waals surface area contributed by atoms with Crippen molar-refractivity contribution in [3.63, 3.8) is 0 Å². The summed E-state index contributed by atoms with van der Waals surface area (Å²) in [7, 11) is 0. The Morgan fingerprint density at radius 2 is 2.03 bits per heavy atom. The van der Waals surface area contributed by atoms with Crippen LogP contribution in [0.3, 0.4) is 0 Å². The summed E-state index contributed by atoms with van der Waals surface area (Å²) in [5.41, 5.74) is -1.80. The molecular weight excluding hydrogens is 389 g/mol. The van der Waals surface area contributed by atoms with E-state index in [1.807, 2.05) is 4.57 Å². The Morgan fingerprint density at radius 3 is 2.69 bits per heavy atom. The van der Waals surface area contributed by atoms with Gasteiger partial charge in [0.2, 0.25) is 0 Å². The number of ether oxygens (including phenoxy) is 1. The van der Waals surface area contributed by atoms with Gasteiger partial charge in [0.25, 0.3) is 5.91 Å². The lowest BCUT2D eigenvalue weighted by molar-refractivity contribution is -0.151. The smallest absolute Gasteiger partial charge is 0.433 e. The van der Waals surface area contributed by atoms with Gasteiger partial charge < -0.3 is 14.2 Å². The molecule has 10 heteroatoms. The van der Waals surface area contributed by atoms with Crippen molar-refractivity contribution < 1.29 is 27.5 Å². The lowest BCUT2D eigenvalue weighted by Gasteiger charge is -2.36. The number of piperidine rings is 1. The number of halogens is 3. The summed E-state index contributed by atoms with van der Waals surface area (Å²) in [5.74, 6) is -0.757. The van der Waals surface area contributed by atoms with E-state index in [0.29, 0.717) is 25.8 Å². The number of nitrogens with zero attached hydrogens (tertiary/aromatic N) is 4. The van der Waals surface area contributed by atoms with Crippen molar-refractivity contribution in [1.82, 2.24) is 19.4 Å². The summed E-state index contributed by atoms with van der Waals surface area (Å²) in [6.07, 6.45) is 2.63. The number of rotatable bonds is 3. The van der Waals surface area contributed by atoms with E-state index in [1.54, 1.807) is 18.7 Å². The quantitative estimate of drug-likeness (QED) is 0.730. The van der Waals surface area contributed by atoms with Gasteiger partial charge in [-0.3, -0.25) is 14.6 Å². The third kappa shape index (κ3) is 3.83. The molecule has 2 saturated heterocycles. The van der Waals surface area contributed by atoms with Gasteiger partial charge in [0.1, 0.15) is 11.8 Å². The van der Waals surface area contributed by atoms with Gasteiger partial charge in [-0.1, -0.05) is 0 Å². The van der Waals surface area contributed by atoms with E-state index < -0.39 is 23.2 Å². The first kappa shape index (κ1) is 19.4. The maximum atomic E-state index is 12.8. The second-order valence-corrected chi connectivity index (χ2v) is 7.49. The van der Waals surface area contributed by atoms with Crippen molar-refractivity contribution in [3.8, 4) is 0 Å². The topological polar surface area (TPSA) is 77.3 Å². The average molecular weight is 408 g/mol. The van der Waals surface area contributed by atoms with Crippen molar-refractivity contribution in [3.05, 3.63) is 48.3 Å². The van der Waals surface area contributed by atoms with Crippen LogP contribution in [-0.4, -0.2) is 50.5 Å². The number of cyclic esters (lactones) is 1. The minimum atomic E-state index is -4.61. The largest absolute Gasteiger partial charge is 0.460 e. The number of esters is 1. The van der Waals surface area contributed by atoms with Crippen molar-refractivity contribution in [2.75, 3.05) is 13.1 Å². The lowest BCUT2D eigenvalue weighted by Crippen LogP contribution is -2.45. The molecule has 4 rings (SSSR count). The summed E-state index contributed by atoms with van der Waals surface area (Å²) in [6.45, 7) is 1.10. The van der Waals surface area contributed by atoms with Gasteiger partial charge in [-0.05, 0) is 25.0 Å². The predicted molar refractivity (Wildman–Crippen MR) is 93.5 cm³/mol. The molecule has 2 aliphatic heterocycles.